The number of nitrogens with zero attached hydrogens (tertiary/aromatic N) is 1. The average Bonchev–Trinajstić information content (AvgIpc) is 2.99. The molecule has 0 amide bonds. The molecule has 1 heterocycles. The molecule has 0 spiro atoms. The Labute approximate surface area is 141 Å². The second-order valence-electron chi connectivity index (χ2n) is 5.33. The topological polar surface area (TPSA) is 98.5 Å². The zero-order valence-electron chi connectivity index (χ0n) is 13.6. The summed E-state index contributed by atoms with van der Waals surface area (Å²) >= 11 is 0. The maximum atomic E-state index is 11.5. The van der Waals surface area contributed by atoms with Crippen LogP contribution < -0.4 is 4.72 Å². The molecule has 2 aromatic rings. The van der Waals surface area contributed by atoms with Gasteiger partial charge in [-0.1, -0.05) is 18.2 Å². The molecular formula is C16H20N2O5S. The van der Waals surface area contributed by atoms with Crippen molar-refractivity contribution in [3.05, 3.63) is 36.4 Å². The number of unbranched alkanes of at least 4 members (excludes halogenated alkanes) is 1. The van der Waals surface area contributed by atoms with Gasteiger partial charge in [-0.15, -0.1) is 0 Å². The molecule has 0 atom stereocenters. The van der Waals surface area contributed by atoms with E-state index >= 15 is 0 Å². The minimum absolute atomic E-state index is 0.233. The quantitative estimate of drug-likeness (QED) is 0.579. The van der Waals surface area contributed by atoms with Crippen molar-refractivity contribution in [3.8, 4) is 11.3 Å². The van der Waals surface area contributed by atoms with Gasteiger partial charge < -0.3 is 9.15 Å². The molecule has 0 fully saturated rings. The van der Waals surface area contributed by atoms with Gasteiger partial charge in [0, 0.05) is 18.4 Å². The fraction of sp³-hybridized carbons (Fsp3) is 0.375. The number of sulfonamides is 1. The molecule has 1 N–H and O–H groups in total. The summed E-state index contributed by atoms with van der Waals surface area (Å²) in [6.07, 6.45) is 5.00. The second kappa shape index (κ2) is 7.96. The Bertz CT molecular complexity index is 798. The Kier molecular flexibility index (Phi) is 5.97. The van der Waals surface area contributed by atoms with Crippen LogP contribution in [0.4, 0.5) is 5.69 Å². The monoisotopic (exact) mass is 352 g/mol. The van der Waals surface area contributed by atoms with Gasteiger partial charge >= 0.3 is 5.97 Å². The summed E-state index contributed by atoms with van der Waals surface area (Å²) in [4.78, 5) is 15.4. The fourth-order valence-corrected chi connectivity index (χ4v) is 2.77. The number of methoxy groups -OCH3 is 1. The molecule has 0 aliphatic heterocycles. The first-order valence-corrected chi connectivity index (χ1v) is 9.36. The van der Waals surface area contributed by atoms with Crippen LogP contribution in [-0.2, 0) is 26.0 Å². The van der Waals surface area contributed by atoms with Gasteiger partial charge in [0.1, 0.15) is 12.0 Å². The van der Waals surface area contributed by atoms with Crippen LogP contribution in [0.25, 0.3) is 11.3 Å². The van der Waals surface area contributed by atoms with Crippen LogP contribution in [0.3, 0.4) is 0 Å². The van der Waals surface area contributed by atoms with Crippen LogP contribution in [0.1, 0.15) is 25.2 Å². The summed E-state index contributed by atoms with van der Waals surface area (Å²) in [6.45, 7) is 0. The van der Waals surface area contributed by atoms with E-state index in [1.165, 1.54) is 13.4 Å². The summed E-state index contributed by atoms with van der Waals surface area (Å²) in [7, 11) is -2.02. The second-order valence-corrected chi connectivity index (χ2v) is 7.08. The van der Waals surface area contributed by atoms with Gasteiger partial charge in [0.05, 0.1) is 19.1 Å². The maximum absolute atomic E-state index is 11.5. The molecule has 1 aromatic carbocycles. The molecule has 7 nitrogen and oxygen atoms in total. The van der Waals surface area contributed by atoms with Crippen LogP contribution >= 0.6 is 0 Å². The highest BCUT2D eigenvalue weighted by Crippen LogP contribution is 2.28. The molecule has 1 aromatic heterocycles. The molecule has 130 valence electrons. The van der Waals surface area contributed by atoms with Crippen LogP contribution in [0, 0.1) is 0 Å². The van der Waals surface area contributed by atoms with Gasteiger partial charge in [-0.3, -0.25) is 9.52 Å². The number of esters is 1. The lowest BCUT2D eigenvalue weighted by molar-refractivity contribution is -0.140. The van der Waals surface area contributed by atoms with E-state index in [1.807, 2.05) is 0 Å². The molecule has 0 radical (unpaired) electrons. The molecule has 0 saturated heterocycles. The van der Waals surface area contributed by atoms with E-state index in [0.717, 1.165) is 12.7 Å². The van der Waals surface area contributed by atoms with Crippen molar-refractivity contribution < 1.29 is 22.4 Å². The highest BCUT2D eigenvalue weighted by atomic mass is 32.2. The minimum atomic E-state index is -3.38. The average molecular weight is 352 g/mol. The lowest BCUT2D eigenvalue weighted by Crippen LogP contribution is -2.10. The first-order valence-electron chi connectivity index (χ1n) is 7.47. The number of para-hydroxylation sites is 1. The number of hydrogen-bond donors (Lipinski definition) is 1. The summed E-state index contributed by atoms with van der Waals surface area (Å²) < 4.78 is 35.4. The van der Waals surface area contributed by atoms with Gasteiger partial charge in [0.2, 0.25) is 10.0 Å². The molecule has 0 unspecified atom stereocenters. The van der Waals surface area contributed by atoms with Crippen molar-refractivity contribution in [1.29, 1.82) is 0 Å². The largest absolute Gasteiger partial charge is 0.469 e. The van der Waals surface area contributed by atoms with E-state index in [-0.39, 0.29) is 5.97 Å². The lowest BCUT2D eigenvalue weighted by atomic mass is 10.1. The number of benzene rings is 1. The van der Waals surface area contributed by atoms with E-state index in [4.69, 9.17) is 4.42 Å². The zero-order chi connectivity index (χ0) is 17.6. The number of oxazole rings is 1. The Balaban J connectivity index is 2.04. The van der Waals surface area contributed by atoms with Crippen molar-refractivity contribution in [1.82, 2.24) is 4.98 Å². The van der Waals surface area contributed by atoms with Gasteiger partial charge in [0.25, 0.3) is 0 Å². The van der Waals surface area contributed by atoms with Crippen molar-refractivity contribution in [2.24, 2.45) is 0 Å². The highest BCUT2D eigenvalue weighted by molar-refractivity contribution is 7.92. The molecule has 0 saturated carbocycles. The van der Waals surface area contributed by atoms with E-state index in [9.17, 15) is 13.2 Å². The van der Waals surface area contributed by atoms with Gasteiger partial charge in [-0.25, -0.2) is 13.4 Å². The molecule has 0 aliphatic rings. The summed E-state index contributed by atoms with van der Waals surface area (Å²) in [6, 6.07) is 6.98. The number of aromatic nitrogens is 1. The minimum Gasteiger partial charge on any atom is -0.469 e. The van der Waals surface area contributed by atoms with E-state index in [1.54, 1.807) is 24.3 Å². The standard InChI is InChI=1S/C16H20N2O5S/c1-22-16(19)10-6-5-9-15-17-14(11-23-15)12-7-3-4-8-13(12)18-24(2,20)21/h3-4,7-8,11,18H,5-6,9-10H2,1-2H3. The van der Waals surface area contributed by atoms with Gasteiger partial charge in [0.15, 0.2) is 5.89 Å². The number of nitrogens with one attached hydrogen (secondary N) is 1. The number of ether oxygens (including phenoxy) is 1. The Hall–Kier alpha value is -2.35. The predicted octanol–water partition coefficient (Wildman–Crippen LogP) is 2.60. The number of hydrogen-bond acceptors (Lipinski definition) is 6. The van der Waals surface area contributed by atoms with E-state index in [2.05, 4.69) is 14.4 Å². The normalized spacial score (nSPS) is 11.2. The zero-order valence-corrected chi connectivity index (χ0v) is 14.4. The summed E-state index contributed by atoms with van der Waals surface area (Å²) in [5.41, 5.74) is 1.66. The number of aryl methyl sites for hydroxylation is 1. The molecule has 24 heavy (non-hydrogen) atoms. The van der Waals surface area contributed by atoms with Crippen LogP contribution in [0.2, 0.25) is 0 Å². The van der Waals surface area contributed by atoms with E-state index in [0.29, 0.717) is 42.1 Å². The maximum Gasteiger partial charge on any atom is 0.305 e. The van der Waals surface area contributed by atoms with Crippen LogP contribution in [-0.4, -0.2) is 32.7 Å². The third-order valence-corrected chi connectivity index (χ3v) is 3.89. The Morgan fingerprint density at radius 2 is 2.04 bits per heavy atom. The number of carbonyl (C=O) groups is 1. The molecular weight excluding hydrogens is 332 g/mol. The molecule has 0 bridgehead atoms. The first kappa shape index (κ1) is 18.0. The third kappa shape index (κ3) is 5.38. The van der Waals surface area contributed by atoms with Crippen molar-refractivity contribution in [2.45, 2.75) is 25.7 Å². The van der Waals surface area contributed by atoms with Gasteiger partial charge in [-0.05, 0) is 18.9 Å². The Morgan fingerprint density at radius 1 is 1.29 bits per heavy atom. The van der Waals surface area contributed by atoms with Crippen LogP contribution in [0.15, 0.2) is 34.9 Å². The first-order chi connectivity index (χ1) is 11.4. The third-order valence-electron chi connectivity index (χ3n) is 3.30. The smallest absolute Gasteiger partial charge is 0.305 e. The Morgan fingerprint density at radius 3 is 2.75 bits per heavy atom. The number of carbonyl (C=O) groups excluding carboxylic acids is 1. The lowest BCUT2D eigenvalue weighted by Gasteiger charge is -2.07. The van der Waals surface area contributed by atoms with Gasteiger partial charge in [-0.2, -0.15) is 0 Å². The van der Waals surface area contributed by atoms with E-state index < -0.39 is 10.0 Å². The summed E-state index contributed by atoms with van der Waals surface area (Å²) in [5, 5.41) is 0. The SMILES string of the molecule is COC(=O)CCCCc1nc(-c2ccccc2NS(C)(=O)=O)co1. The van der Waals surface area contributed by atoms with Crippen molar-refractivity contribution >= 4 is 21.7 Å². The molecule has 2 rings (SSSR count). The van der Waals surface area contributed by atoms with Crippen molar-refractivity contribution in [2.75, 3.05) is 18.1 Å². The summed E-state index contributed by atoms with van der Waals surface area (Å²) in [5.74, 6) is 0.313. The highest BCUT2D eigenvalue weighted by Gasteiger charge is 2.13. The predicted molar refractivity (Wildman–Crippen MR) is 90.0 cm³/mol. The molecule has 8 heteroatoms. The number of anilines is 1. The van der Waals surface area contributed by atoms with Crippen molar-refractivity contribution in [3.63, 3.8) is 0 Å². The number of rotatable bonds is 8. The van der Waals surface area contributed by atoms with Crippen LogP contribution in [0.5, 0.6) is 0 Å². The fourth-order valence-electron chi connectivity index (χ4n) is 2.19. The molecule has 0 aliphatic carbocycles.